The summed E-state index contributed by atoms with van der Waals surface area (Å²) in [5.41, 5.74) is 1.93. The summed E-state index contributed by atoms with van der Waals surface area (Å²) < 4.78 is 48.1. The van der Waals surface area contributed by atoms with Crippen LogP contribution in [-0.2, 0) is 26.2 Å². The van der Waals surface area contributed by atoms with Gasteiger partial charge in [-0.3, -0.25) is 13.9 Å². The second-order valence-corrected chi connectivity index (χ2v) is 12.4. The van der Waals surface area contributed by atoms with Gasteiger partial charge < -0.3 is 15.0 Å². The summed E-state index contributed by atoms with van der Waals surface area (Å²) >= 11 is 0. The van der Waals surface area contributed by atoms with Crippen molar-refractivity contribution in [1.29, 1.82) is 0 Å². The molecule has 0 heterocycles. The summed E-state index contributed by atoms with van der Waals surface area (Å²) in [5, 5.41) is 3.06. The molecule has 0 radical (unpaired) electrons. The average molecular weight is 596 g/mol. The first-order valence-electron chi connectivity index (χ1n) is 14.2. The van der Waals surface area contributed by atoms with Crippen LogP contribution in [0.2, 0.25) is 0 Å². The number of aryl methyl sites for hydroxylation is 1. The Labute approximate surface area is 247 Å². The van der Waals surface area contributed by atoms with Crippen molar-refractivity contribution in [2.24, 2.45) is 0 Å². The normalized spacial score (nSPS) is 14.3. The van der Waals surface area contributed by atoms with Crippen LogP contribution in [-0.4, -0.2) is 50.4 Å². The monoisotopic (exact) mass is 595 g/mol. The lowest BCUT2D eigenvalue weighted by molar-refractivity contribution is -0.139. The number of amides is 2. The van der Waals surface area contributed by atoms with E-state index in [-0.39, 0.29) is 29.1 Å². The molecule has 224 valence electrons. The van der Waals surface area contributed by atoms with Gasteiger partial charge in [-0.15, -0.1) is 0 Å². The second kappa shape index (κ2) is 13.8. The smallest absolute Gasteiger partial charge is 0.264 e. The molecule has 1 N–H and O–H groups in total. The van der Waals surface area contributed by atoms with E-state index in [0.717, 1.165) is 53.2 Å². The third-order valence-electron chi connectivity index (χ3n) is 7.42. The van der Waals surface area contributed by atoms with Gasteiger partial charge in [0, 0.05) is 12.6 Å². The molecule has 1 fully saturated rings. The first-order chi connectivity index (χ1) is 20.1. The highest BCUT2D eigenvalue weighted by Gasteiger charge is 2.33. The average Bonchev–Trinajstić information content (AvgIpc) is 3.48. The highest BCUT2D eigenvalue weighted by molar-refractivity contribution is 7.92. The maximum atomic E-state index is 14.0. The molecule has 1 saturated carbocycles. The summed E-state index contributed by atoms with van der Waals surface area (Å²) in [6, 6.07) is 17.6. The molecule has 8 nitrogen and oxygen atoms in total. The lowest BCUT2D eigenvalue weighted by Gasteiger charge is -2.32. The van der Waals surface area contributed by atoms with E-state index in [4.69, 9.17) is 4.74 Å². The molecule has 2 amide bonds. The van der Waals surface area contributed by atoms with Gasteiger partial charge in [0.1, 0.15) is 24.2 Å². The van der Waals surface area contributed by atoms with E-state index in [1.807, 2.05) is 38.1 Å². The molecular formula is C32H38FN3O5S. The Bertz CT molecular complexity index is 1470. The van der Waals surface area contributed by atoms with E-state index in [1.54, 1.807) is 19.1 Å². The first kappa shape index (κ1) is 31.0. The van der Waals surface area contributed by atoms with E-state index < -0.39 is 34.3 Å². The summed E-state index contributed by atoms with van der Waals surface area (Å²) in [5.74, 6) is -0.885. The van der Waals surface area contributed by atoms with Crippen LogP contribution in [0.4, 0.5) is 10.1 Å². The van der Waals surface area contributed by atoms with E-state index in [0.29, 0.717) is 12.4 Å². The van der Waals surface area contributed by atoms with Gasteiger partial charge >= 0.3 is 0 Å². The predicted molar refractivity (Wildman–Crippen MR) is 160 cm³/mol. The molecule has 0 saturated heterocycles. The number of ether oxygens (including phenoxy) is 1. The van der Waals surface area contributed by atoms with Crippen LogP contribution in [0.15, 0.2) is 77.7 Å². The van der Waals surface area contributed by atoms with Crippen molar-refractivity contribution in [2.45, 2.75) is 70.0 Å². The number of nitrogens with zero attached hydrogens (tertiary/aromatic N) is 2. The van der Waals surface area contributed by atoms with Crippen molar-refractivity contribution in [3.63, 3.8) is 0 Å². The zero-order chi connectivity index (χ0) is 30.3. The Hall–Kier alpha value is -3.92. The minimum atomic E-state index is -4.26. The molecule has 3 aromatic carbocycles. The lowest BCUT2D eigenvalue weighted by Crippen LogP contribution is -2.52. The summed E-state index contributed by atoms with van der Waals surface area (Å²) in [4.78, 5) is 28.7. The maximum Gasteiger partial charge on any atom is 0.264 e. The third-order valence-corrected chi connectivity index (χ3v) is 9.21. The quantitative estimate of drug-likeness (QED) is 0.310. The van der Waals surface area contributed by atoms with Crippen molar-refractivity contribution in [2.75, 3.05) is 17.5 Å². The number of carbonyl (C=O) groups is 2. The van der Waals surface area contributed by atoms with Crippen LogP contribution < -0.4 is 14.4 Å². The first-order valence-corrected chi connectivity index (χ1v) is 15.7. The molecule has 1 aliphatic carbocycles. The zero-order valence-electron chi connectivity index (χ0n) is 24.3. The van der Waals surface area contributed by atoms with Crippen molar-refractivity contribution < 1.29 is 27.1 Å². The minimum Gasteiger partial charge on any atom is -0.494 e. The van der Waals surface area contributed by atoms with Crippen LogP contribution >= 0.6 is 0 Å². The standard InChI is InChI=1S/C32H38FN3O5S/c1-4-41-29-16-18-30(19-17-29)42(39,40)36(28-14-12-26(33)13-15-28)22-31(37)35(21-25-9-7-8-23(2)20-25)24(3)32(38)34-27-10-5-6-11-27/h7-9,12-20,24,27H,4-6,10-11,21-22H2,1-3H3,(H,34,38). The molecule has 42 heavy (non-hydrogen) atoms. The Morgan fingerprint density at radius 3 is 2.31 bits per heavy atom. The minimum absolute atomic E-state index is 0.0552. The molecule has 0 aromatic heterocycles. The number of anilines is 1. The molecule has 10 heteroatoms. The number of nitrogens with one attached hydrogen (secondary N) is 1. The van der Waals surface area contributed by atoms with Gasteiger partial charge in [0.15, 0.2) is 0 Å². The summed E-state index contributed by atoms with van der Waals surface area (Å²) in [7, 11) is -4.26. The Balaban J connectivity index is 1.67. The molecule has 1 atom stereocenters. The number of halogens is 1. The van der Waals surface area contributed by atoms with Crippen molar-refractivity contribution in [3.05, 3.63) is 89.7 Å². The van der Waals surface area contributed by atoms with Crippen LogP contribution in [0.3, 0.4) is 0 Å². The van der Waals surface area contributed by atoms with E-state index in [2.05, 4.69) is 5.32 Å². The highest BCUT2D eigenvalue weighted by Crippen LogP contribution is 2.26. The molecule has 0 spiro atoms. The van der Waals surface area contributed by atoms with E-state index >= 15 is 0 Å². The van der Waals surface area contributed by atoms with Crippen molar-refractivity contribution in [3.8, 4) is 5.75 Å². The largest absolute Gasteiger partial charge is 0.494 e. The van der Waals surface area contributed by atoms with Crippen molar-refractivity contribution >= 4 is 27.5 Å². The summed E-state index contributed by atoms with van der Waals surface area (Å²) in [6.07, 6.45) is 3.87. The number of sulfonamides is 1. The lowest BCUT2D eigenvalue weighted by atomic mass is 10.1. The maximum absolute atomic E-state index is 14.0. The molecule has 0 aliphatic heterocycles. The number of rotatable bonds is 12. The SMILES string of the molecule is CCOc1ccc(S(=O)(=O)N(CC(=O)N(Cc2cccc(C)c2)C(C)C(=O)NC2CCCC2)c2ccc(F)cc2)cc1. The molecular weight excluding hydrogens is 557 g/mol. The predicted octanol–water partition coefficient (Wildman–Crippen LogP) is 5.20. The number of carbonyl (C=O) groups excluding carboxylic acids is 2. The number of benzene rings is 3. The fourth-order valence-electron chi connectivity index (χ4n) is 5.12. The fraction of sp³-hybridized carbons (Fsp3) is 0.375. The molecule has 1 unspecified atom stereocenters. The second-order valence-electron chi connectivity index (χ2n) is 10.6. The number of hydrogen-bond acceptors (Lipinski definition) is 5. The van der Waals surface area contributed by atoms with Crippen LogP contribution in [0.1, 0.15) is 50.7 Å². The van der Waals surface area contributed by atoms with Crippen LogP contribution in [0.25, 0.3) is 0 Å². The number of hydrogen-bond donors (Lipinski definition) is 1. The van der Waals surface area contributed by atoms with Gasteiger partial charge in [-0.1, -0.05) is 42.7 Å². The molecule has 0 bridgehead atoms. The molecule has 3 aromatic rings. The highest BCUT2D eigenvalue weighted by atomic mass is 32.2. The van der Waals surface area contributed by atoms with Gasteiger partial charge in [-0.2, -0.15) is 0 Å². The van der Waals surface area contributed by atoms with Gasteiger partial charge in [0.25, 0.3) is 10.0 Å². The van der Waals surface area contributed by atoms with Gasteiger partial charge in [0.2, 0.25) is 11.8 Å². The Morgan fingerprint density at radius 1 is 1.02 bits per heavy atom. The van der Waals surface area contributed by atoms with E-state index in [1.165, 1.54) is 29.2 Å². The third kappa shape index (κ3) is 7.67. The van der Waals surface area contributed by atoms with Gasteiger partial charge in [-0.05, 0) is 87.7 Å². The van der Waals surface area contributed by atoms with Crippen LogP contribution in [0.5, 0.6) is 5.75 Å². The van der Waals surface area contributed by atoms with Gasteiger partial charge in [-0.25, -0.2) is 12.8 Å². The molecule has 4 rings (SSSR count). The van der Waals surface area contributed by atoms with Crippen LogP contribution in [0, 0.1) is 12.7 Å². The fourth-order valence-corrected chi connectivity index (χ4v) is 6.53. The van der Waals surface area contributed by atoms with E-state index in [9.17, 15) is 22.4 Å². The zero-order valence-corrected chi connectivity index (χ0v) is 25.1. The van der Waals surface area contributed by atoms with Gasteiger partial charge in [0.05, 0.1) is 17.2 Å². The molecule has 1 aliphatic rings. The Kier molecular flexibility index (Phi) is 10.2. The topological polar surface area (TPSA) is 96.0 Å². The summed E-state index contributed by atoms with van der Waals surface area (Å²) in [6.45, 7) is 5.36. The van der Waals surface area contributed by atoms with Crippen molar-refractivity contribution in [1.82, 2.24) is 10.2 Å². The Morgan fingerprint density at radius 2 is 1.69 bits per heavy atom.